The maximum atomic E-state index is 2.36. The van der Waals surface area contributed by atoms with E-state index in [1.54, 1.807) is 0 Å². The third kappa shape index (κ3) is 7.83. The van der Waals surface area contributed by atoms with Gasteiger partial charge in [-0.2, -0.15) is 0 Å². The smallest absolute Gasteiger partial charge is 0.0541 e. The van der Waals surface area contributed by atoms with Crippen LogP contribution in [-0.2, 0) is 0 Å². The molecule has 12 rings (SSSR count). The topological polar surface area (TPSA) is 11.4 Å². The highest BCUT2D eigenvalue weighted by Gasteiger charge is 2.17. The number of rotatable bonds is 11. The first kappa shape index (κ1) is 40.8. The van der Waals surface area contributed by atoms with E-state index in [-0.39, 0.29) is 0 Å². The van der Waals surface area contributed by atoms with Gasteiger partial charge < -0.3 is 14.4 Å². The van der Waals surface area contributed by atoms with Crippen molar-refractivity contribution in [1.82, 2.24) is 4.57 Å². The standard InChI is InChI=1S/C64H45N3S/c1-5-15-49(16-6-1)63-43-44-64(68-63)50-31-40-58(41-32-50)66(53-19-9-3-10-20-53)56-36-27-47(28-37-56)46-25-34-55(35-26-46)65(52-17-7-2-8-18-52)57-38-29-48(30-39-57)51-33-42-62-60(45-51)59-23-13-14-24-61(59)67(62)54-21-11-4-12-22-54/h1-45H. The largest absolute Gasteiger partial charge is 0.311 e. The second kappa shape index (κ2) is 17.9. The van der Waals surface area contributed by atoms with E-state index in [1.165, 1.54) is 59.5 Å². The van der Waals surface area contributed by atoms with Crippen molar-refractivity contribution in [3.05, 3.63) is 273 Å². The summed E-state index contributed by atoms with van der Waals surface area (Å²) in [7, 11) is 0. The van der Waals surface area contributed by atoms with Crippen LogP contribution < -0.4 is 9.80 Å². The number of aromatic nitrogens is 1. The van der Waals surface area contributed by atoms with Gasteiger partial charge in [-0.3, -0.25) is 0 Å². The highest BCUT2D eigenvalue weighted by atomic mass is 32.1. The van der Waals surface area contributed by atoms with Crippen molar-refractivity contribution in [3.8, 4) is 48.8 Å². The highest BCUT2D eigenvalue weighted by molar-refractivity contribution is 7.18. The summed E-state index contributed by atoms with van der Waals surface area (Å²) in [5.41, 5.74) is 17.4. The lowest BCUT2D eigenvalue weighted by Crippen LogP contribution is -2.10. The van der Waals surface area contributed by atoms with Crippen molar-refractivity contribution in [2.75, 3.05) is 9.80 Å². The second-order valence-corrected chi connectivity index (χ2v) is 18.1. The molecule has 12 aromatic rings. The second-order valence-electron chi connectivity index (χ2n) is 17.0. The first-order chi connectivity index (χ1) is 33.7. The van der Waals surface area contributed by atoms with E-state index in [0.29, 0.717) is 0 Å². The predicted octanol–water partition coefficient (Wildman–Crippen LogP) is 18.5. The first-order valence-corrected chi connectivity index (χ1v) is 23.9. The lowest BCUT2D eigenvalue weighted by Gasteiger charge is -2.26. The Hall–Kier alpha value is -8.70. The Balaban J connectivity index is 0.813. The van der Waals surface area contributed by atoms with Crippen LogP contribution in [0.3, 0.4) is 0 Å². The van der Waals surface area contributed by atoms with Gasteiger partial charge in [-0.1, -0.05) is 158 Å². The minimum absolute atomic E-state index is 1.09. The molecular formula is C64H45N3S. The molecule has 4 heteroatoms. The van der Waals surface area contributed by atoms with Crippen LogP contribution in [0, 0.1) is 0 Å². The van der Waals surface area contributed by atoms with Crippen molar-refractivity contribution in [1.29, 1.82) is 0 Å². The van der Waals surface area contributed by atoms with Gasteiger partial charge in [0.05, 0.1) is 11.0 Å². The molecule has 2 heterocycles. The van der Waals surface area contributed by atoms with Crippen molar-refractivity contribution < 1.29 is 0 Å². The summed E-state index contributed by atoms with van der Waals surface area (Å²) in [6.07, 6.45) is 0. The van der Waals surface area contributed by atoms with Gasteiger partial charge in [0.2, 0.25) is 0 Å². The van der Waals surface area contributed by atoms with Crippen molar-refractivity contribution in [2.24, 2.45) is 0 Å². The number of anilines is 6. The van der Waals surface area contributed by atoms with Crippen LogP contribution in [0.5, 0.6) is 0 Å². The summed E-state index contributed by atoms with van der Waals surface area (Å²) < 4.78 is 2.36. The quantitative estimate of drug-likeness (QED) is 0.128. The van der Waals surface area contributed by atoms with Crippen molar-refractivity contribution >= 4 is 67.3 Å². The van der Waals surface area contributed by atoms with Gasteiger partial charge in [-0.05, 0) is 149 Å². The molecule has 322 valence electrons. The SMILES string of the molecule is c1ccc(-c2ccc(-c3ccc(N(c4ccccc4)c4ccc(-c5ccc(N(c6ccccc6)c6ccc(-c7ccc8c(c7)c7ccccc7n8-c7ccccc7)cc6)cc5)cc4)cc3)s2)cc1. The molecule has 0 saturated carbocycles. The number of nitrogens with zero attached hydrogens (tertiary/aromatic N) is 3. The van der Waals surface area contributed by atoms with E-state index in [1.807, 2.05) is 11.3 Å². The van der Waals surface area contributed by atoms with E-state index < -0.39 is 0 Å². The van der Waals surface area contributed by atoms with Crippen LogP contribution in [0.2, 0.25) is 0 Å². The monoisotopic (exact) mass is 887 g/mol. The van der Waals surface area contributed by atoms with Gasteiger partial charge in [-0.25, -0.2) is 0 Å². The molecule has 0 saturated heterocycles. The Morgan fingerprint density at radius 2 is 0.603 bits per heavy atom. The van der Waals surface area contributed by atoms with Crippen molar-refractivity contribution in [3.63, 3.8) is 0 Å². The molecule has 0 amide bonds. The predicted molar refractivity (Wildman–Crippen MR) is 290 cm³/mol. The summed E-state index contributed by atoms with van der Waals surface area (Å²) in [6.45, 7) is 0. The summed E-state index contributed by atoms with van der Waals surface area (Å²) in [5, 5.41) is 2.50. The number of hydrogen-bond acceptors (Lipinski definition) is 3. The van der Waals surface area contributed by atoms with Crippen LogP contribution in [-0.4, -0.2) is 4.57 Å². The van der Waals surface area contributed by atoms with Gasteiger partial charge in [0, 0.05) is 60.3 Å². The highest BCUT2D eigenvalue weighted by Crippen LogP contribution is 2.41. The first-order valence-electron chi connectivity index (χ1n) is 23.1. The maximum Gasteiger partial charge on any atom is 0.0541 e. The minimum Gasteiger partial charge on any atom is -0.311 e. The Bertz CT molecular complexity index is 3620. The van der Waals surface area contributed by atoms with Gasteiger partial charge in [0.15, 0.2) is 0 Å². The zero-order chi connectivity index (χ0) is 45.2. The number of hydrogen-bond donors (Lipinski definition) is 0. The normalized spacial score (nSPS) is 11.2. The van der Waals surface area contributed by atoms with E-state index >= 15 is 0 Å². The molecule has 3 nitrogen and oxygen atoms in total. The van der Waals surface area contributed by atoms with Gasteiger partial charge >= 0.3 is 0 Å². The third-order valence-electron chi connectivity index (χ3n) is 12.8. The number of fused-ring (bicyclic) bond motifs is 3. The molecule has 0 spiro atoms. The van der Waals surface area contributed by atoms with E-state index in [2.05, 4.69) is 287 Å². The number of thiophene rings is 1. The lowest BCUT2D eigenvalue weighted by molar-refractivity contribution is 1.18. The molecule has 0 fully saturated rings. The molecule has 0 bridgehead atoms. The molecule has 0 aliphatic rings. The maximum absolute atomic E-state index is 2.36. The Morgan fingerprint density at radius 1 is 0.250 bits per heavy atom. The van der Waals surface area contributed by atoms with Crippen molar-refractivity contribution in [2.45, 2.75) is 0 Å². The average molecular weight is 888 g/mol. The Labute approximate surface area is 401 Å². The number of para-hydroxylation sites is 4. The molecule has 0 unspecified atom stereocenters. The Kier molecular flexibility index (Phi) is 10.8. The molecule has 0 aliphatic heterocycles. The van der Waals surface area contributed by atoms with Gasteiger partial charge in [-0.15, -0.1) is 11.3 Å². The average Bonchev–Trinajstić information content (AvgIpc) is 4.05. The zero-order valence-electron chi connectivity index (χ0n) is 37.2. The molecule has 2 aromatic heterocycles. The fraction of sp³-hybridized carbons (Fsp3) is 0. The zero-order valence-corrected chi connectivity index (χ0v) is 38.0. The Morgan fingerprint density at radius 3 is 1.10 bits per heavy atom. The summed E-state index contributed by atoms with van der Waals surface area (Å²) in [5.74, 6) is 0. The van der Waals surface area contributed by atoms with Crippen LogP contribution in [0.25, 0.3) is 70.6 Å². The third-order valence-corrected chi connectivity index (χ3v) is 14.0. The molecule has 0 N–H and O–H groups in total. The van der Waals surface area contributed by atoms with Crippen LogP contribution >= 0.6 is 11.3 Å². The molecule has 0 aliphatic carbocycles. The summed E-state index contributed by atoms with van der Waals surface area (Å²) in [6, 6.07) is 98.2. The van der Waals surface area contributed by atoms with Gasteiger partial charge in [0.1, 0.15) is 0 Å². The van der Waals surface area contributed by atoms with Gasteiger partial charge in [0.25, 0.3) is 0 Å². The minimum atomic E-state index is 1.09. The molecule has 10 aromatic carbocycles. The van der Waals surface area contributed by atoms with Crippen LogP contribution in [0.1, 0.15) is 0 Å². The van der Waals surface area contributed by atoms with Crippen LogP contribution in [0.15, 0.2) is 273 Å². The lowest BCUT2D eigenvalue weighted by atomic mass is 10.0. The summed E-state index contributed by atoms with van der Waals surface area (Å²) in [4.78, 5) is 7.19. The van der Waals surface area contributed by atoms with E-state index in [9.17, 15) is 0 Å². The molecular weight excluding hydrogens is 843 g/mol. The van der Waals surface area contributed by atoms with E-state index in [4.69, 9.17) is 0 Å². The fourth-order valence-corrected chi connectivity index (χ4v) is 10.5. The number of benzene rings is 10. The molecule has 68 heavy (non-hydrogen) atoms. The summed E-state index contributed by atoms with van der Waals surface area (Å²) >= 11 is 1.83. The molecule has 0 radical (unpaired) electrons. The van der Waals surface area contributed by atoms with E-state index in [0.717, 1.165) is 45.3 Å². The fourth-order valence-electron chi connectivity index (χ4n) is 9.49. The van der Waals surface area contributed by atoms with Crippen LogP contribution in [0.4, 0.5) is 34.1 Å². The molecule has 0 atom stereocenters.